The summed E-state index contributed by atoms with van der Waals surface area (Å²) >= 11 is 1.55. The van der Waals surface area contributed by atoms with Crippen molar-refractivity contribution in [2.24, 2.45) is 0 Å². The van der Waals surface area contributed by atoms with E-state index in [4.69, 9.17) is 4.74 Å². The van der Waals surface area contributed by atoms with Gasteiger partial charge in [-0.15, -0.1) is 11.3 Å². The minimum absolute atomic E-state index is 0.0452. The van der Waals surface area contributed by atoms with Crippen molar-refractivity contribution in [2.45, 2.75) is 25.8 Å². The highest BCUT2D eigenvalue weighted by Crippen LogP contribution is 2.27. The predicted octanol–water partition coefficient (Wildman–Crippen LogP) is 2.63. The van der Waals surface area contributed by atoms with E-state index in [9.17, 15) is 9.59 Å². The van der Waals surface area contributed by atoms with Crippen LogP contribution in [0.4, 0.5) is 0 Å². The van der Waals surface area contributed by atoms with Crippen LogP contribution < -0.4 is 4.74 Å². The lowest BCUT2D eigenvalue weighted by molar-refractivity contribution is 0.0628. The second-order valence-corrected chi connectivity index (χ2v) is 8.04. The van der Waals surface area contributed by atoms with E-state index in [1.54, 1.807) is 24.5 Å². The van der Waals surface area contributed by atoms with E-state index in [0.29, 0.717) is 30.8 Å². The monoisotopic (exact) mass is 385 g/mol. The van der Waals surface area contributed by atoms with Crippen LogP contribution in [-0.4, -0.2) is 59.8 Å². The SMILES string of the molecule is COc1cccc(C(=O)N2CCN(Cc3nc4c(s3)C(=O)CCC4)CC2)c1. The molecular formula is C20H23N3O3S. The summed E-state index contributed by atoms with van der Waals surface area (Å²) in [6.07, 6.45) is 2.49. The van der Waals surface area contributed by atoms with Gasteiger partial charge in [0.2, 0.25) is 0 Å². The van der Waals surface area contributed by atoms with E-state index >= 15 is 0 Å². The number of thiazole rings is 1. The lowest BCUT2D eigenvalue weighted by Crippen LogP contribution is -2.48. The van der Waals surface area contributed by atoms with Crippen molar-refractivity contribution in [1.82, 2.24) is 14.8 Å². The van der Waals surface area contributed by atoms with Gasteiger partial charge in [-0.1, -0.05) is 6.07 Å². The van der Waals surface area contributed by atoms with Gasteiger partial charge in [-0.2, -0.15) is 0 Å². The second-order valence-electron chi connectivity index (χ2n) is 6.96. The van der Waals surface area contributed by atoms with Crippen LogP contribution in [0.2, 0.25) is 0 Å². The molecule has 142 valence electrons. The number of methoxy groups -OCH3 is 1. The van der Waals surface area contributed by atoms with Gasteiger partial charge in [-0.3, -0.25) is 14.5 Å². The van der Waals surface area contributed by atoms with Gasteiger partial charge in [0.15, 0.2) is 5.78 Å². The Morgan fingerprint density at radius 1 is 1.22 bits per heavy atom. The molecule has 0 spiro atoms. The number of nitrogens with zero attached hydrogens (tertiary/aromatic N) is 3. The predicted molar refractivity (Wildman–Crippen MR) is 104 cm³/mol. The average molecular weight is 385 g/mol. The number of ketones is 1. The second kappa shape index (κ2) is 7.78. The molecule has 0 saturated carbocycles. The minimum atomic E-state index is 0.0452. The molecule has 27 heavy (non-hydrogen) atoms. The highest BCUT2D eigenvalue weighted by Gasteiger charge is 2.25. The fourth-order valence-corrected chi connectivity index (χ4v) is 4.74. The van der Waals surface area contributed by atoms with Gasteiger partial charge in [-0.25, -0.2) is 4.98 Å². The number of benzene rings is 1. The van der Waals surface area contributed by atoms with E-state index < -0.39 is 0 Å². The fraction of sp³-hybridized carbons (Fsp3) is 0.450. The maximum Gasteiger partial charge on any atom is 0.254 e. The molecule has 1 saturated heterocycles. The summed E-state index contributed by atoms with van der Waals surface area (Å²) in [5.41, 5.74) is 1.65. The molecule has 2 aliphatic rings. The third kappa shape index (κ3) is 3.89. The Morgan fingerprint density at radius 3 is 2.78 bits per heavy atom. The number of ether oxygens (including phenoxy) is 1. The molecular weight excluding hydrogens is 362 g/mol. The van der Waals surface area contributed by atoms with Crippen LogP contribution in [0.1, 0.15) is 43.6 Å². The zero-order chi connectivity index (χ0) is 18.8. The number of piperazine rings is 1. The Bertz CT molecular complexity index is 856. The van der Waals surface area contributed by atoms with Gasteiger partial charge in [-0.05, 0) is 31.0 Å². The van der Waals surface area contributed by atoms with E-state index in [-0.39, 0.29) is 11.7 Å². The zero-order valence-electron chi connectivity index (χ0n) is 15.4. The first-order valence-corrected chi connectivity index (χ1v) is 10.1. The normalized spacial score (nSPS) is 17.7. The van der Waals surface area contributed by atoms with Crippen LogP contribution in [0.3, 0.4) is 0 Å². The molecule has 0 radical (unpaired) electrons. The van der Waals surface area contributed by atoms with E-state index in [2.05, 4.69) is 9.88 Å². The molecule has 1 amide bonds. The van der Waals surface area contributed by atoms with E-state index in [1.165, 1.54) is 0 Å². The molecule has 0 N–H and O–H groups in total. The lowest BCUT2D eigenvalue weighted by atomic mass is 10.0. The third-order valence-electron chi connectivity index (χ3n) is 5.15. The topological polar surface area (TPSA) is 62.7 Å². The quantitative estimate of drug-likeness (QED) is 0.810. The fourth-order valence-electron chi connectivity index (χ4n) is 3.62. The number of aromatic nitrogens is 1. The lowest BCUT2D eigenvalue weighted by Gasteiger charge is -2.34. The summed E-state index contributed by atoms with van der Waals surface area (Å²) in [6.45, 7) is 3.77. The molecule has 2 heterocycles. The Hall–Kier alpha value is -2.25. The van der Waals surface area contributed by atoms with E-state index in [1.807, 2.05) is 23.1 Å². The summed E-state index contributed by atoms with van der Waals surface area (Å²) < 4.78 is 5.21. The van der Waals surface area contributed by atoms with Crippen LogP contribution >= 0.6 is 11.3 Å². The number of Topliss-reactive ketones (excluding diaryl/α,β-unsaturated/α-hetero) is 1. The van der Waals surface area contributed by atoms with Gasteiger partial charge in [0, 0.05) is 38.2 Å². The van der Waals surface area contributed by atoms with Gasteiger partial charge in [0.05, 0.1) is 24.2 Å². The Balaban J connectivity index is 1.35. The van der Waals surface area contributed by atoms with Crippen molar-refractivity contribution < 1.29 is 14.3 Å². The number of carbonyl (C=O) groups is 2. The number of fused-ring (bicyclic) bond motifs is 1. The summed E-state index contributed by atoms with van der Waals surface area (Å²) in [5.74, 6) is 0.985. The van der Waals surface area contributed by atoms with Gasteiger partial charge in [0.1, 0.15) is 10.8 Å². The number of carbonyl (C=O) groups excluding carboxylic acids is 2. The molecule has 2 aromatic rings. The highest BCUT2D eigenvalue weighted by molar-refractivity contribution is 7.13. The standard InChI is InChI=1S/C20H23N3O3S/c1-26-15-5-2-4-14(12-15)20(25)23-10-8-22(9-11-23)13-18-21-16-6-3-7-17(24)19(16)27-18/h2,4-5,12H,3,6-11,13H2,1H3. The first-order chi connectivity index (χ1) is 13.1. The van der Waals surface area contributed by atoms with Crippen molar-refractivity contribution in [3.8, 4) is 5.75 Å². The largest absolute Gasteiger partial charge is 0.497 e. The van der Waals surface area contributed by atoms with Crippen molar-refractivity contribution >= 4 is 23.0 Å². The van der Waals surface area contributed by atoms with Gasteiger partial charge in [0.25, 0.3) is 5.91 Å². The maximum atomic E-state index is 12.7. The van der Waals surface area contributed by atoms with Crippen LogP contribution in [-0.2, 0) is 13.0 Å². The number of hydrogen-bond acceptors (Lipinski definition) is 6. The molecule has 6 nitrogen and oxygen atoms in total. The number of aryl methyl sites for hydroxylation is 1. The molecule has 1 aromatic heterocycles. The third-order valence-corrected chi connectivity index (χ3v) is 6.27. The van der Waals surface area contributed by atoms with Crippen molar-refractivity contribution in [1.29, 1.82) is 0 Å². The molecule has 1 fully saturated rings. The maximum absolute atomic E-state index is 12.7. The van der Waals surface area contributed by atoms with E-state index in [0.717, 1.165) is 48.1 Å². The van der Waals surface area contributed by atoms with Gasteiger partial charge >= 0.3 is 0 Å². The minimum Gasteiger partial charge on any atom is -0.497 e. The molecule has 0 bridgehead atoms. The number of amides is 1. The summed E-state index contributed by atoms with van der Waals surface area (Å²) in [6, 6.07) is 7.29. The van der Waals surface area contributed by atoms with Crippen LogP contribution in [0.15, 0.2) is 24.3 Å². The Kier molecular flexibility index (Phi) is 5.22. The van der Waals surface area contributed by atoms with Crippen LogP contribution in [0.5, 0.6) is 5.75 Å². The Labute approximate surface area is 162 Å². The van der Waals surface area contributed by atoms with Crippen molar-refractivity contribution in [2.75, 3.05) is 33.3 Å². The summed E-state index contributed by atoms with van der Waals surface area (Å²) in [5, 5.41) is 1.02. The first kappa shape index (κ1) is 18.1. The Morgan fingerprint density at radius 2 is 2.04 bits per heavy atom. The molecule has 0 unspecified atom stereocenters. The van der Waals surface area contributed by atoms with Crippen molar-refractivity contribution in [3.05, 3.63) is 45.4 Å². The average Bonchev–Trinajstić information content (AvgIpc) is 3.12. The molecule has 1 aromatic carbocycles. The number of rotatable bonds is 4. The molecule has 7 heteroatoms. The van der Waals surface area contributed by atoms with Crippen LogP contribution in [0, 0.1) is 0 Å². The molecule has 4 rings (SSSR count). The first-order valence-electron chi connectivity index (χ1n) is 9.31. The molecule has 1 aliphatic carbocycles. The molecule has 0 atom stereocenters. The smallest absolute Gasteiger partial charge is 0.254 e. The van der Waals surface area contributed by atoms with Gasteiger partial charge < -0.3 is 9.64 Å². The molecule has 1 aliphatic heterocycles. The highest BCUT2D eigenvalue weighted by atomic mass is 32.1. The van der Waals surface area contributed by atoms with Crippen LogP contribution in [0.25, 0.3) is 0 Å². The van der Waals surface area contributed by atoms with Crippen molar-refractivity contribution in [3.63, 3.8) is 0 Å². The summed E-state index contributed by atoms with van der Waals surface area (Å²) in [7, 11) is 1.60. The zero-order valence-corrected chi connectivity index (χ0v) is 16.3. The number of hydrogen-bond donors (Lipinski definition) is 0. The summed E-state index contributed by atoms with van der Waals surface area (Å²) in [4.78, 5) is 34.4.